The van der Waals surface area contributed by atoms with Crippen LogP contribution in [0.4, 0.5) is 5.82 Å². The van der Waals surface area contributed by atoms with Crippen molar-refractivity contribution in [3.63, 3.8) is 0 Å². The lowest BCUT2D eigenvalue weighted by atomic mass is 10.0. The van der Waals surface area contributed by atoms with Crippen LogP contribution < -0.4 is 9.64 Å². The second-order valence-corrected chi connectivity index (χ2v) is 10.7. The predicted molar refractivity (Wildman–Crippen MR) is 164 cm³/mol. The monoisotopic (exact) mass is 549 g/mol. The van der Waals surface area contributed by atoms with Crippen molar-refractivity contribution < 1.29 is 14.3 Å². The lowest BCUT2D eigenvalue weighted by Crippen LogP contribution is -2.37. The molecule has 5 rings (SSSR count). The standard InChI is InChI=1S/C35H39N3O3/c1-4-37(23-27-15-17-31(18-16-27)40-25-28-11-7-5-8-12-28)30-20-22-38(24-30)34-33(35(39)41-26(2)3)32(19-21-36-34)29-13-9-6-10-14-29/h5-19,21,26,30H,4,20,22-25H2,1-3H3/t30-/m1/s1. The Hall–Kier alpha value is -4.16. The van der Waals surface area contributed by atoms with Crippen LogP contribution >= 0.6 is 0 Å². The van der Waals surface area contributed by atoms with Crippen molar-refractivity contribution in [2.75, 3.05) is 24.5 Å². The van der Waals surface area contributed by atoms with Gasteiger partial charge in [0.15, 0.2) is 0 Å². The van der Waals surface area contributed by atoms with Gasteiger partial charge in [0, 0.05) is 37.4 Å². The van der Waals surface area contributed by atoms with Gasteiger partial charge in [-0.3, -0.25) is 4.90 Å². The van der Waals surface area contributed by atoms with Crippen molar-refractivity contribution >= 4 is 11.8 Å². The molecule has 0 amide bonds. The number of benzene rings is 3. The van der Waals surface area contributed by atoms with Gasteiger partial charge in [-0.2, -0.15) is 0 Å². The van der Waals surface area contributed by atoms with Gasteiger partial charge in [0.2, 0.25) is 0 Å². The number of likely N-dealkylation sites (N-methyl/N-ethyl adjacent to an activating group) is 1. The molecule has 212 valence electrons. The number of ether oxygens (including phenoxy) is 2. The molecule has 6 heteroatoms. The maximum Gasteiger partial charge on any atom is 0.342 e. The van der Waals surface area contributed by atoms with Crippen molar-refractivity contribution in [1.82, 2.24) is 9.88 Å². The molecule has 3 aromatic carbocycles. The van der Waals surface area contributed by atoms with Gasteiger partial charge in [-0.25, -0.2) is 9.78 Å². The van der Waals surface area contributed by atoms with E-state index in [0.29, 0.717) is 24.0 Å². The number of pyridine rings is 1. The molecule has 1 saturated heterocycles. The molecule has 0 spiro atoms. The van der Waals surface area contributed by atoms with E-state index in [2.05, 4.69) is 53.1 Å². The van der Waals surface area contributed by atoms with Crippen LogP contribution in [0.25, 0.3) is 11.1 Å². The maximum absolute atomic E-state index is 13.4. The fraction of sp³-hybridized carbons (Fsp3) is 0.314. The van der Waals surface area contributed by atoms with Crippen LogP contribution in [0.2, 0.25) is 0 Å². The summed E-state index contributed by atoms with van der Waals surface area (Å²) >= 11 is 0. The fourth-order valence-corrected chi connectivity index (χ4v) is 5.42. The summed E-state index contributed by atoms with van der Waals surface area (Å²) in [6, 6.07) is 30.9. The highest BCUT2D eigenvalue weighted by Gasteiger charge is 2.32. The number of carbonyl (C=O) groups excluding carboxylic acids is 1. The van der Waals surface area contributed by atoms with Crippen LogP contribution in [0.5, 0.6) is 5.75 Å². The van der Waals surface area contributed by atoms with E-state index in [9.17, 15) is 4.79 Å². The van der Waals surface area contributed by atoms with Crippen molar-refractivity contribution in [3.8, 4) is 16.9 Å². The highest BCUT2D eigenvalue weighted by Crippen LogP contribution is 2.33. The molecule has 1 aromatic heterocycles. The molecule has 0 aliphatic carbocycles. The van der Waals surface area contributed by atoms with Crippen molar-refractivity contribution in [1.29, 1.82) is 0 Å². The Balaban J connectivity index is 1.29. The topological polar surface area (TPSA) is 54.9 Å². The molecule has 41 heavy (non-hydrogen) atoms. The van der Waals surface area contributed by atoms with Crippen molar-refractivity contribution in [2.24, 2.45) is 0 Å². The van der Waals surface area contributed by atoms with Crippen LogP contribution in [0.3, 0.4) is 0 Å². The number of carbonyl (C=O) groups is 1. The molecule has 0 unspecified atom stereocenters. The highest BCUT2D eigenvalue weighted by molar-refractivity contribution is 6.02. The molecule has 0 radical (unpaired) electrons. The maximum atomic E-state index is 13.4. The van der Waals surface area contributed by atoms with Gasteiger partial charge in [-0.15, -0.1) is 0 Å². The first kappa shape index (κ1) is 28.4. The van der Waals surface area contributed by atoms with Gasteiger partial charge in [0.05, 0.1) is 6.10 Å². The zero-order chi connectivity index (χ0) is 28.6. The summed E-state index contributed by atoms with van der Waals surface area (Å²) in [6.45, 7) is 9.95. The average Bonchev–Trinajstić information content (AvgIpc) is 3.50. The minimum Gasteiger partial charge on any atom is -0.489 e. The molecule has 1 fully saturated rings. The predicted octanol–water partition coefficient (Wildman–Crippen LogP) is 6.99. The molecule has 1 aliphatic rings. The van der Waals surface area contributed by atoms with E-state index in [1.54, 1.807) is 6.20 Å². The minimum atomic E-state index is -0.327. The van der Waals surface area contributed by atoms with Gasteiger partial charge in [0.25, 0.3) is 0 Å². The van der Waals surface area contributed by atoms with Gasteiger partial charge in [-0.05, 0) is 61.7 Å². The Morgan fingerprint density at radius 3 is 2.34 bits per heavy atom. The summed E-state index contributed by atoms with van der Waals surface area (Å²) < 4.78 is 11.7. The number of hydrogen-bond acceptors (Lipinski definition) is 6. The van der Waals surface area contributed by atoms with Crippen LogP contribution in [0, 0.1) is 0 Å². The Labute approximate surface area is 243 Å². The molecule has 0 N–H and O–H groups in total. The lowest BCUT2D eigenvalue weighted by Gasteiger charge is -2.28. The third-order valence-corrected chi connectivity index (χ3v) is 7.51. The largest absolute Gasteiger partial charge is 0.489 e. The second-order valence-electron chi connectivity index (χ2n) is 10.7. The molecule has 2 heterocycles. The number of anilines is 1. The van der Waals surface area contributed by atoms with E-state index in [-0.39, 0.29) is 12.1 Å². The SMILES string of the molecule is CCN(Cc1ccc(OCc2ccccc2)cc1)[C@@H]1CCN(c2nccc(-c3ccccc3)c2C(=O)OC(C)C)C1. The average molecular weight is 550 g/mol. The van der Waals surface area contributed by atoms with Gasteiger partial charge >= 0.3 is 5.97 Å². The summed E-state index contributed by atoms with van der Waals surface area (Å²) in [5.41, 5.74) is 4.79. The van der Waals surface area contributed by atoms with Crippen LogP contribution in [0.15, 0.2) is 97.2 Å². The first-order valence-corrected chi connectivity index (χ1v) is 14.5. The second kappa shape index (κ2) is 13.5. The zero-order valence-corrected chi connectivity index (χ0v) is 24.2. The third kappa shape index (κ3) is 7.14. The molecule has 1 aliphatic heterocycles. The molecular weight excluding hydrogens is 510 g/mol. The lowest BCUT2D eigenvalue weighted by molar-refractivity contribution is 0.0379. The quantitative estimate of drug-likeness (QED) is 0.188. The molecule has 0 saturated carbocycles. The van der Waals surface area contributed by atoms with E-state index >= 15 is 0 Å². The molecule has 0 bridgehead atoms. The van der Waals surface area contributed by atoms with Crippen molar-refractivity contribution in [2.45, 2.75) is 52.5 Å². The normalized spacial score (nSPS) is 15.0. The summed E-state index contributed by atoms with van der Waals surface area (Å²) in [6.07, 6.45) is 2.59. The number of nitrogens with zero attached hydrogens (tertiary/aromatic N) is 3. The van der Waals surface area contributed by atoms with Crippen LogP contribution in [-0.4, -0.2) is 47.6 Å². The van der Waals surface area contributed by atoms with Gasteiger partial charge < -0.3 is 14.4 Å². The number of aromatic nitrogens is 1. The Bertz CT molecular complexity index is 1410. The summed E-state index contributed by atoms with van der Waals surface area (Å²) in [5, 5.41) is 0. The highest BCUT2D eigenvalue weighted by atomic mass is 16.5. The van der Waals surface area contributed by atoms with E-state index in [4.69, 9.17) is 14.5 Å². The van der Waals surface area contributed by atoms with Crippen LogP contribution in [0.1, 0.15) is 48.7 Å². The third-order valence-electron chi connectivity index (χ3n) is 7.51. The minimum absolute atomic E-state index is 0.212. The summed E-state index contributed by atoms with van der Waals surface area (Å²) in [4.78, 5) is 22.9. The van der Waals surface area contributed by atoms with E-state index in [1.807, 2.05) is 68.4 Å². The van der Waals surface area contributed by atoms with E-state index < -0.39 is 0 Å². The van der Waals surface area contributed by atoms with Crippen molar-refractivity contribution in [3.05, 3.63) is 114 Å². The van der Waals surface area contributed by atoms with Crippen LogP contribution in [-0.2, 0) is 17.9 Å². The summed E-state index contributed by atoms with van der Waals surface area (Å²) in [5.74, 6) is 1.25. The Morgan fingerprint density at radius 2 is 1.66 bits per heavy atom. The first-order valence-electron chi connectivity index (χ1n) is 14.5. The summed E-state index contributed by atoms with van der Waals surface area (Å²) in [7, 11) is 0. The molecular formula is C35H39N3O3. The van der Waals surface area contributed by atoms with E-state index in [1.165, 1.54) is 5.56 Å². The van der Waals surface area contributed by atoms with Gasteiger partial charge in [-0.1, -0.05) is 79.7 Å². The zero-order valence-electron chi connectivity index (χ0n) is 24.2. The number of hydrogen-bond donors (Lipinski definition) is 0. The Kier molecular flexibility index (Phi) is 9.32. The number of esters is 1. The fourth-order valence-electron chi connectivity index (χ4n) is 5.42. The molecule has 1 atom stereocenters. The number of rotatable bonds is 11. The Morgan fingerprint density at radius 1 is 0.951 bits per heavy atom. The first-order chi connectivity index (χ1) is 20.0. The molecule has 4 aromatic rings. The molecule has 6 nitrogen and oxygen atoms in total. The van der Waals surface area contributed by atoms with Gasteiger partial charge in [0.1, 0.15) is 23.7 Å². The van der Waals surface area contributed by atoms with E-state index in [0.717, 1.165) is 55.0 Å². The smallest absolute Gasteiger partial charge is 0.342 e.